The van der Waals surface area contributed by atoms with Crippen LogP contribution in [0, 0.1) is 5.92 Å². The third kappa shape index (κ3) is 4.48. The zero-order valence-electron chi connectivity index (χ0n) is 8.86. The van der Waals surface area contributed by atoms with E-state index >= 15 is 0 Å². The van der Waals surface area contributed by atoms with Crippen molar-refractivity contribution in [1.29, 1.82) is 0 Å². The van der Waals surface area contributed by atoms with Crippen LogP contribution in [0.1, 0.15) is 33.6 Å². The fourth-order valence-corrected chi connectivity index (χ4v) is 0.977. The van der Waals surface area contributed by atoms with Gasteiger partial charge in [-0.25, -0.2) is 0 Å². The smallest absolute Gasteiger partial charge is 0.164 e. The first kappa shape index (κ1) is 13.3. The number of ketones is 2. The summed E-state index contributed by atoms with van der Waals surface area (Å²) in [5.41, 5.74) is 0. The Labute approximate surface area is 83.9 Å². The van der Waals surface area contributed by atoms with Crippen molar-refractivity contribution in [1.82, 2.24) is 0 Å². The summed E-state index contributed by atoms with van der Waals surface area (Å²) in [7, 11) is 0. The third-order valence-corrected chi connectivity index (χ3v) is 2.01. The average Bonchev–Trinajstić information content (AvgIpc) is 2.11. The van der Waals surface area contributed by atoms with Crippen molar-refractivity contribution in [2.45, 2.75) is 45.8 Å². The summed E-state index contributed by atoms with van der Waals surface area (Å²) in [5, 5.41) is 18.4. The molecule has 0 aliphatic rings. The molecule has 0 radical (unpaired) electrons. The molecule has 0 heterocycles. The lowest BCUT2D eigenvalue weighted by atomic mass is 9.99. The van der Waals surface area contributed by atoms with Gasteiger partial charge < -0.3 is 10.2 Å². The van der Waals surface area contributed by atoms with Crippen LogP contribution < -0.4 is 0 Å². The minimum Gasteiger partial charge on any atom is -0.382 e. The van der Waals surface area contributed by atoms with E-state index in [0.29, 0.717) is 12.3 Å². The fourth-order valence-electron chi connectivity index (χ4n) is 0.977. The summed E-state index contributed by atoms with van der Waals surface area (Å²) >= 11 is 0. The number of aliphatic hydroxyl groups excluding tert-OH is 2. The lowest BCUT2D eigenvalue weighted by molar-refractivity contribution is -0.142. The summed E-state index contributed by atoms with van der Waals surface area (Å²) in [6.45, 7) is 5.06. The monoisotopic (exact) mass is 202 g/mol. The molecule has 2 N–H and O–H groups in total. The molecular weight excluding hydrogens is 184 g/mol. The van der Waals surface area contributed by atoms with Gasteiger partial charge in [-0.2, -0.15) is 0 Å². The number of hydrogen-bond donors (Lipinski definition) is 2. The number of Topliss-reactive ketones (excluding diaryl/α,β-unsaturated/α-hetero) is 2. The van der Waals surface area contributed by atoms with Crippen molar-refractivity contribution in [2.24, 2.45) is 5.92 Å². The molecule has 0 saturated heterocycles. The lowest BCUT2D eigenvalue weighted by Gasteiger charge is -2.14. The van der Waals surface area contributed by atoms with Crippen LogP contribution in [0.4, 0.5) is 0 Å². The molecule has 0 aromatic heterocycles. The molecule has 0 fully saturated rings. The number of carbonyl (C=O) groups excluding carboxylic acids is 2. The number of hydrogen-bond acceptors (Lipinski definition) is 4. The highest BCUT2D eigenvalue weighted by atomic mass is 16.3. The Kier molecular flexibility index (Phi) is 5.57. The first-order valence-electron chi connectivity index (χ1n) is 4.75. The predicted octanol–water partition coefficient (Wildman–Crippen LogP) is 0.302. The molecule has 0 amide bonds. The maximum absolute atomic E-state index is 11.2. The van der Waals surface area contributed by atoms with E-state index in [1.54, 1.807) is 0 Å². The van der Waals surface area contributed by atoms with Gasteiger partial charge in [-0.15, -0.1) is 0 Å². The van der Waals surface area contributed by atoms with Crippen LogP contribution in [0.5, 0.6) is 0 Å². The van der Waals surface area contributed by atoms with Gasteiger partial charge in [0.05, 0.1) is 0 Å². The summed E-state index contributed by atoms with van der Waals surface area (Å²) in [6, 6.07) is 0. The van der Waals surface area contributed by atoms with Crippen molar-refractivity contribution >= 4 is 11.6 Å². The van der Waals surface area contributed by atoms with Crippen molar-refractivity contribution in [3.8, 4) is 0 Å². The molecule has 0 aromatic rings. The predicted molar refractivity (Wildman–Crippen MR) is 51.8 cm³/mol. The standard InChI is InChI=1S/C10H18O4/c1-6(2)4-5-8(12)10(14)9(13)7(3)11/h6,9-10,13-14H,4-5H2,1-3H3. The van der Waals surface area contributed by atoms with Gasteiger partial charge in [0.25, 0.3) is 0 Å². The largest absolute Gasteiger partial charge is 0.382 e. The molecule has 0 rings (SSSR count). The minimum absolute atomic E-state index is 0.198. The summed E-state index contributed by atoms with van der Waals surface area (Å²) in [5.74, 6) is -0.697. The Balaban J connectivity index is 4.05. The third-order valence-electron chi connectivity index (χ3n) is 2.01. The molecule has 4 nitrogen and oxygen atoms in total. The van der Waals surface area contributed by atoms with Crippen LogP contribution in [0.3, 0.4) is 0 Å². The van der Waals surface area contributed by atoms with E-state index in [1.165, 1.54) is 0 Å². The minimum atomic E-state index is -1.57. The Bertz CT molecular complexity index is 210. The Morgan fingerprint density at radius 2 is 1.64 bits per heavy atom. The second-order valence-corrected chi connectivity index (χ2v) is 3.90. The molecule has 0 aliphatic carbocycles. The average molecular weight is 202 g/mol. The van der Waals surface area contributed by atoms with Gasteiger partial charge in [-0.05, 0) is 19.3 Å². The molecule has 0 bridgehead atoms. The second-order valence-electron chi connectivity index (χ2n) is 3.90. The second kappa shape index (κ2) is 5.88. The van der Waals surface area contributed by atoms with Crippen molar-refractivity contribution in [2.75, 3.05) is 0 Å². The van der Waals surface area contributed by atoms with Crippen LogP contribution in [0.15, 0.2) is 0 Å². The summed E-state index contributed by atoms with van der Waals surface area (Å²) in [6.07, 6.45) is -2.29. The van der Waals surface area contributed by atoms with E-state index < -0.39 is 23.8 Å². The zero-order valence-corrected chi connectivity index (χ0v) is 8.86. The molecule has 0 aromatic carbocycles. The van der Waals surface area contributed by atoms with E-state index in [-0.39, 0.29) is 6.42 Å². The fraction of sp³-hybridized carbons (Fsp3) is 0.800. The SMILES string of the molecule is CC(=O)C(O)C(O)C(=O)CCC(C)C. The van der Waals surface area contributed by atoms with Gasteiger partial charge >= 0.3 is 0 Å². The Morgan fingerprint density at radius 1 is 1.14 bits per heavy atom. The van der Waals surface area contributed by atoms with Gasteiger partial charge in [-0.3, -0.25) is 9.59 Å². The zero-order chi connectivity index (χ0) is 11.3. The van der Waals surface area contributed by atoms with Crippen LogP contribution in [-0.2, 0) is 9.59 Å². The first-order chi connectivity index (χ1) is 6.36. The maximum Gasteiger partial charge on any atom is 0.164 e. The summed E-state index contributed by atoms with van der Waals surface area (Å²) in [4.78, 5) is 21.9. The van der Waals surface area contributed by atoms with Gasteiger partial charge in [0.15, 0.2) is 11.6 Å². The van der Waals surface area contributed by atoms with Crippen molar-refractivity contribution in [3.63, 3.8) is 0 Å². The number of rotatable bonds is 6. The molecule has 82 valence electrons. The van der Waals surface area contributed by atoms with Crippen LogP contribution >= 0.6 is 0 Å². The van der Waals surface area contributed by atoms with Gasteiger partial charge in [0.2, 0.25) is 0 Å². The molecule has 2 atom stereocenters. The van der Waals surface area contributed by atoms with Crippen LogP contribution in [0.25, 0.3) is 0 Å². The Morgan fingerprint density at radius 3 is 2.00 bits per heavy atom. The molecule has 4 heteroatoms. The lowest BCUT2D eigenvalue weighted by Crippen LogP contribution is -2.38. The van der Waals surface area contributed by atoms with Crippen LogP contribution in [-0.4, -0.2) is 34.0 Å². The van der Waals surface area contributed by atoms with Crippen molar-refractivity contribution in [3.05, 3.63) is 0 Å². The van der Waals surface area contributed by atoms with Gasteiger partial charge in [-0.1, -0.05) is 13.8 Å². The van der Waals surface area contributed by atoms with E-state index in [2.05, 4.69) is 0 Å². The van der Waals surface area contributed by atoms with Crippen LogP contribution in [0.2, 0.25) is 0 Å². The highest BCUT2D eigenvalue weighted by Gasteiger charge is 2.26. The highest BCUT2D eigenvalue weighted by Crippen LogP contribution is 2.08. The van der Waals surface area contributed by atoms with Crippen molar-refractivity contribution < 1.29 is 19.8 Å². The molecule has 0 spiro atoms. The maximum atomic E-state index is 11.2. The number of carbonyl (C=O) groups is 2. The quantitative estimate of drug-likeness (QED) is 0.649. The molecule has 2 unspecified atom stereocenters. The molecule has 0 saturated carbocycles. The van der Waals surface area contributed by atoms with E-state index in [0.717, 1.165) is 6.92 Å². The number of aliphatic hydroxyl groups is 2. The molecule has 0 aliphatic heterocycles. The highest BCUT2D eigenvalue weighted by molar-refractivity contribution is 5.91. The summed E-state index contributed by atoms with van der Waals surface area (Å²) < 4.78 is 0. The van der Waals surface area contributed by atoms with Gasteiger partial charge in [0, 0.05) is 6.42 Å². The topological polar surface area (TPSA) is 74.6 Å². The Hall–Kier alpha value is -0.740. The van der Waals surface area contributed by atoms with E-state index in [1.807, 2.05) is 13.8 Å². The normalized spacial score (nSPS) is 15.3. The van der Waals surface area contributed by atoms with E-state index in [4.69, 9.17) is 5.11 Å². The van der Waals surface area contributed by atoms with Gasteiger partial charge in [0.1, 0.15) is 12.2 Å². The molecule has 14 heavy (non-hydrogen) atoms. The van der Waals surface area contributed by atoms with E-state index in [9.17, 15) is 14.7 Å². The molecular formula is C10H18O4. The first-order valence-corrected chi connectivity index (χ1v) is 4.75.